The lowest BCUT2D eigenvalue weighted by Gasteiger charge is -2.26. The summed E-state index contributed by atoms with van der Waals surface area (Å²) in [5.41, 5.74) is 11.4. The third-order valence-corrected chi connectivity index (χ3v) is 4.29. The number of aliphatic hydroxyl groups excluding tert-OH is 2. The number of alkyl halides is 2. The second-order valence-electron chi connectivity index (χ2n) is 6.39. The van der Waals surface area contributed by atoms with Crippen LogP contribution in [0.25, 0.3) is 11.2 Å². The molecule has 0 aliphatic carbocycles. The highest BCUT2D eigenvalue weighted by Gasteiger charge is 2.45. The van der Waals surface area contributed by atoms with Gasteiger partial charge in [0.2, 0.25) is 0 Å². The van der Waals surface area contributed by atoms with Crippen LogP contribution in [0.15, 0.2) is 12.7 Å². The second-order valence-corrected chi connectivity index (χ2v) is 6.39. The second kappa shape index (κ2) is 6.96. The first-order valence-corrected chi connectivity index (χ1v) is 7.94. The number of anilines is 1. The van der Waals surface area contributed by atoms with Gasteiger partial charge in [-0.05, 0) is 7.05 Å². The Morgan fingerprint density at radius 1 is 1.31 bits per heavy atom. The Labute approximate surface area is 147 Å². The maximum atomic E-state index is 13.4. The number of nitrogen functional groups attached to an aromatic ring is 1. The first-order valence-electron chi connectivity index (χ1n) is 7.94. The fourth-order valence-electron chi connectivity index (χ4n) is 3.00. The summed E-state index contributed by atoms with van der Waals surface area (Å²) in [6, 6.07) is 0. The number of hydrogen-bond acceptors (Lipinski definition) is 9. The van der Waals surface area contributed by atoms with Gasteiger partial charge < -0.3 is 26.4 Å². The van der Waals surface area contributed by atoms with Gasteiger partial charge >= 0.3 is 0 Å². The van der Waals surface area contributed by atoms with Crippen LogP contribution < -0.4 is 11.5 Å². The molecule has 2 aromatic heterocycles. The van der Waals surface area contributed by atoms with Gasteiger partial charge in [-0.15, -0.1) is 0 Å². The molecule has 0 radical (unpaired) electrons. The molecule has 1 fully saturated rings. The van der Waals surface area contributed by atoms with Crippen molar-refractivity contribution in [3.8, 4) is 0 Å². The lowest BCUT2D eigenvalue weighted by Crippen LogP contribution is -2.45. The normalized spacial score (nSPS) is 26.9. The van der Waals surface area contributed by atoms with Crippen LogP contribution in [0.2, 0.25) is 0 Å². The van der Waals surface area contributed by atoms with Gasteiger partial charge in [0.25, 0.3) is 5.92 Å². The quantitative estimate of drug-likeness (QED) is 0.477. The third-order valence-electron chi connectivity index (χ3n) is 4.29. The Bertz CT molecular complexity index is 774. The molecular formula is C14H21F2N7O3. The highest BCUT2D eigenvalue weighted by molar-refractivity contribution is 5.81. The van der Waals surface area contributed by atoms with Crippen molar-refractivity contribution in [1.29, 1.82) is 0 Å². The first kappa shape index (κ1) is 18.8. The van der Waals surface area contributed by atoms with Crippen molar-refractivity contribution >= 4 is 17.0 Å². The number of likely N-dealkylation sites (N-methyl/N-ethyl adjacent to an activating group) is 1. The fourth-order valence-corrected chi connectivity index (χ4v) is 3.00. The summed E-state index contributed by atoms with van der Waals surface area (Å²) in [5.74, 6) is -2.88. The van der Waals surface area contributed by atoms with Crippen LogP contribution >= 0.6 is 0 Å². The molecule has 1 saturated heterocycles. The van der Waals surface area contributed by atoms with Crippen molar-refractivity contribution in [2.24, 2.45) is 5.73 Å². The number of aliphatic hydroxyl groups is 2. The standard InChI is InChI=1S/C14H21F2N7O3/c1-22(4-14(15,16)3-17)2-7-9(24)10(25)13(26-7)23-6-21-8-11(18)19-5-20-12(8)23/h5-7,9-10,13,24-25H,2-4,17H2,1H3,(H2,18,19,20)/t7-,9?,10?,13-/m1/s1. The lowest BCUT2D eigenvalue weighted by molar-refractivity contribution is -0.0591. The zero-order valence-corrected chi connectivity index (χ0v) is 14.0. The van der Waals surface area contributed by atoms with Gasteiger partial charge in [0.15, 0.2) is 17.7 Å². The van der Waals surface area contributed by atoms with Crippen LogP contribution in [0.1, 0.15) is 6.23 Å². The van der Waals surface area contributed by atoms with E-state index in [2.05, 4.69) is 15.0 Å². The number of nitrogens with two attached hydrogens (primary N) is 2. The fraction of sp³-hybridized carbons (Fsp3) is 0.643. The summed E-state index contributed by atoms with van der Waals surface area (Å²) in [4.78, 5) is 13.3. The molecule has 3 heterocycles. The number of ether oxygens (including phenoxy) is 1. The van der Waals surface area contributed by atoms with Gasteiger partial charge in [0, 0.05) is 6.54 Å². The van der Waals surface area contributed by atoms with E-state index >= 15 is 0 Å². The summed E-state index contributed by atoms with van der Waals surface area (Å²) in [6.45, 7) is -1.39. The van der Waals surface area contributed by atoms with Gasteiger partial charge in [-0.25, -0.2) is 23.7 Å². The van der Waals surface area contributed by atoms with E-state index < -0.39 is 43.6 Å². The summed E-state index contributed by atoms with van der Waals surface area (Å²) in [5, 5.41) is 20.6. The van der Waals surface area contributed by atoms with Gasteiger partial charge in [-0.1, -0.05) is 0 Å². The maximum absolute atomic E-state index is 13.4. The molecule has 3 rings (SSSR count). The Morgan fingerprint density at radius 3 is 2.73 bits per heavy atom. The van der Waals surface area contributed by atoms with Crippen LogP contribution in [0.3, 0.4) is 0 Å². The van der Waals surface area contributed by atoms with Crippen molar-refractivity contribution in [2.75, 3.05) is 32.4 Å². The van der Waals surface area contributed by atoms with Gasteiger partial charge in [-0.3, -0.25) is 9.47 Å². The number of fused-ring (bicyclic) bond motifs is 1. The minimum atomic E-state index is -3.05. The zero-order valence-electron chi connectivity index (χ0n) is 14.0. The Hall–Kier alpha value is -1.99. The van der Waals surface area contributed by atoms with Crippen molar-refractivity contribution in [3.63, 3.8) is 0 Å². The van der Waals surface area contributed by atoms with E-state index in [-0.39, 0.29) is 12.4 Å². The number of aromatic nitrogens is 4. The molecule has 0 spiro atoms. The van der Waals surface area contributed by atoms with E-state index in [1.165, 1.54) is 29.2 Å². The lowest BCUT2D eigenvalue weighted by atomic mass is 10.1. The molecular weight excluding hydrogens is 352 g/mol. The molecule has 10 nitrogen and oxygen atoms in total. The van der Waals surface area contributed by atoms with E-state index in [1.807, 2.05) is 0 Å². The van der Waals surface area contributed by atoms with Crippen LogP contribution in [-0.4, -0.2) is 85.5 Å². The predicted octanol–water partition coefficient (Wildman–Crippen LogP) is -1.45. The predicted molar refractivity (Wildman–Crippen MR) is 87.2 cm³/mol. The molecule has 4 atom stereocenters. The summed E-state index contributed by atoms with van der Waals surface area (Å²) in [7, 11) is 1.46. The molecule has 2 unspecified atom stereocenters. The topological polar surface area (TPSA) is 149 Å². The molecule has 6 N–H and O–H groups in total. The summed E-state index contributed by atoms with van der Waals surface area (Å²) < 4.78 is 33.9. The molecule has 12 heteroatoms. The smallest absolute Gasteiger partial charge is 0.272 e. The van der Waals surface area contributed by atoms with Crippen molar-refractivity contribution in [2.45, 2.75) is 30.5 Å². The summed E-state index contributed by atoms with van der Waals surface area (Å²) >= 11 is 0. The SMILES string of the molecule is CN(C[C@H]1O[C@@H](n2cnc3c(N)ncnc32)C(O)C1O)CC(F)(F)CN. The third kappa shape index (κ3) is 3.46. The molecule has 144 valence electrons. The molecule has 26 heavy (non-hydrogen) atoms. The first-order chi connectivity index (χ1) is 12.2. The van der Waals surface area contributed by atoms with E-state index in [4.69, 9.17) is 16.2 Å². The van der Waals surface area contributed by atoms with E-state index in [9.17, 15) is 19.0 Å². The van der Waals surface area contributed by atoms with E-state index in [1.54, 1.807) is 0 Å². The number of halogens is 2. The Kier molecular flexibility index (Phi) is 5.03. The summed E-state index contributed by atoms with van der Waals surface area (Å²) in [6.07, 6.45) is -1.83. The monoisotopic (exact) mass is 373 g/mol. The average Bonchev–Trinajstić information content (AvgIpc) is 3.12. The zero-order chi connectivity index (χ0) is 19.1. The van der Waals surface area contributed by atoms with Crippen LogP contribution in [-0.2, 0) is 4.74 Å². The Balaban J connectivity index is 1.76. The number of nitrogens with zero attached hydrogens (tertiary/aromatic N) is 5. The minimum Gasteiger partial charge on any atom is -0.387 e. The van der Waals surface area contributed by atoms with E-state index in [0.717, 1.165) is 0 Å². The molecule has 0 amide bonds. The Morgan fingerprint density at radius 2 is 2.04 bits per heavy atom. The molecule has 1 aliphatic heterocycles. The highest BCUT2D eigenvalue weighted by Crippen LogP contribution is 2.32. The van der Waals surface area contributed by atoms with Crippen molar-refractivity contribution in [3.05, 3.63) is 12.7 Å². The molecule has 0 aromatic carbocycles. The molecule has 0 bridgehead atoms. The minimum absolute atomic E-state index is 0.0198. The highest BCUT2D eigenvalue weighted by atomic mass is 19.3. The van der Waals surface area contributed by atoms with E-state index in [0.29, 0.717) is 11.2 Å². The number of imidazole rings is 1. The van der Waals surface area contributed by atoms with Gasteiger partial charge in [0.05, 0.1) is 19.4 Å². The number of rotatable bonds is 6. The van der Waals surface area contributed by atoms with Crippen LogP contribution in [0.5, 0.6) is 0 Å². The number of hydrogen-bond donors (Lipinski definition) is 4. The molecule has 2 aromatic rings. The van der Waals surface area contributed by atoms with Crippen LogP contribution in [0.4, 0.5) is 14.6 Å². The van der Waals surface area contributed by atoms with Crippen molar-refractivity contribution in [1.82, 2.24) is 24.4 Å². The molecule has 1 aliphatic rings. The molecule has 0 saturated carbocycles. The van der Waals surface area contributed by atoms with Gasteiger partial charge in [0.1, 0.15) is 30.2 Å². The maximum Gasteiger partial charge on any atom is 0.272 e. The largest absolute Gasteiger partial charge is 0.387 e. The van der Waals surface area contributed by atoms with Crippen LogP contribution in [0, 0.1) is 0 Å². The van der Waals surface area contributed by atoms with Gasteiger partial charge in [-0.2, -0.15) is 0 Å². The van der Waals surface area contributed by atoms with Crippen molar-refractivity contribution < 1.29 is 23.7 Å². The average molecular weight is 373 g/mol.